The lowest BCUT2D eigenvalue weighted by atomic mass is 10.2. The minimum absolute atomic E-state index is 0.714. The lowest BCUT2D eigenvalue weighted by Gasteiger charge is -2.04. The Kier molecular flexibility index (Phi) is 7.99. The first-order valence-electron chi connectivity index (χ1n) is 5.76. The van der Waals surface area contributed by atoms with Crippen molar-refractivity contribution in [1.29, 1.82) is 0 Å². The van der Waals surface area contributed by atoms with E-state index in [0.29, 0.717) is 6.61 Å². The number of benzene rings is 1. The largest absolute Gasteiger partial charge is 0.377 e. The summed E-state index contributed by atoms with van der Waals surface area (Å²) < 4.78 is 6.73. The van der Waals surface area contributed by atoms with Crippen LogP contribution in [0.1, 0.15) is 31.2 Å². The van der Waals surface area contributed by atoms with E-state index in [0.717, 1.165) is 23.3 Å². The molecule has 16 heavy (non-hydrogen) atoms. The highest BCUT2D eigenvalue weighted by Gasteiger charge is 1.94. The molecular formula is C13H19BrOS. The first kappa shape index (κ1) is 14.1. The third-order valence-electron chi connectivity index (χ3n) is 2.35. The number of ether oxygens (including phenoxy) is 1. The molecule has 0 aliphatic carbocycles. The SMILES string of the molecule is SCCCCCCOCc1cccc(Br)c1. The third kappa shape index (κ3) is 6.56. The maximum Gasteiger partial charge on any atom is 0.0717 e. The number of hydrogen-bond acceptors (Lipinski definition) is 2. The van der Waals surface area contributed by atoms with Gasteiger partial charge in [0.05, 0.1) is 6.61 Å². The van der Waals surface area contributed by atoms with Crippen molar-refractivity contribution in [2.45, 2.75) is 32.3 Å². The molecule has 0 radical (unpaired) electrons. The van der Waals surface area contributed by atoms with E-state index in [1.807, 2.05) is 12.1 Å². The van der Waals surface area contributed by atoms with Crippen LogP contribution in [0.5, 0.6) is 0 Å². The molecule has 1 aromatic rings. The predicted molar refractivity (Wildman–Crippen MR) is 76.1 cm³/mol. The van der Waals surface area contributed by atoms with Crippen LogP contribution in [0.3, 0.4) is 0 Å². The van der Waals surface area contributed by atoms with Gasteiger partial charge in [-0.1, -0.05) is 40.9 Å². The van der Waals surface area contributed by atoms with Crippen LogP contribution in [0.15, 0.2) is 28.7 Å². The molecule has 0 aliphatic rings. The lowest BCUT2D eigenvalue weighted by Crippen LogP contribution is -1.95. The highest BCUT2D eigenvalue weighted by Crippen LogP contribution is 2.12. The van der Waals surface area contributed by atoms with Gasteiger partial charge in [-0.2, -0.15) is 12.6 Å². The number of thiol groups is 1. The van der Waals surface area contributed by atoms with Crippen LogP contribution < -0.4 is 0 Å². The molecule has 0 atom stereocenters. The zero-order chi connectivity index (χ0) is 11.6. The summed E-state index contributed by atoms with van der Waals surface area (Å²) >= 11 is 7.64. The fraction of sp³-hybridized carbons (Fsp3) is 0.538. The van der Waals surface area contributed by atoms with Crippen molar-refractivity contribution in [3.8, 4) is 0 Å². The van der Waals surface area contributed by atoms with Crippen molar-refractivity contribution in [2.75, 3.05) is 12.4 Å². The fourth-order valence-corrected chi connectivity index (χ4v) is 2.16. The molecule has 0 heterocycles. The number of unbranched alkanes of at least 4 members (excludes halogenated alkanes) is 3. The minimum atomic E-state index is 0.714. The monoisotopic (exact) mass is 302 g/mol. The van der Waals surface area contributed by atoms with Gasteiger partial charge in [0.25, 0.3) is 0 Å². The quantitative estimate of drug-likeness (QED) is 0.551. The average molecular weight is 303 g/mol. The molecule has 0 bridgehead atoms. The maximum absolute atomic E-state index is 5.61. The first-order valence-corrected chi connectivity index (χ1v) is 7.18. The molecule has 0 amide bonds. The third-order valence-corrected chi connectivity index (χ3v) is 3.16. The molecule has 0 N–H and O–H groups in total. The van der Waals surface area contributed by atoms with Crippen molar-refractivity contribution in [2.24, 2.45) is 0 Å². The summed E-state index contributed by atoms with van der Waals surface area (Å²) in [4.78, 5) is 0. The molecule has 0 fully saturated rings. The second kappa shape index (κ2) is 9.08. The number of hydrogen-bond donors (Lipinski definition) is 1. The summed E-state index contributed by atoms with van der Waals surface area (Å²) in [7, 11) is 0. The van der Waals surface area contributed by atoms with Gasteiger partial charge >= 0.3 is 0 Å². The highest BCUT2D eigenvalue weighted by atomic mass is 79.9. The first-order chi connectivity index (χ1) is 7.83. The average Bonchev–Trinajstić information content (AvgIpc) is 2.28. The standard InChI is InChI=1S/C13H19BrOS/c14-13-7-5-6-12(10-13)11-15-8-3-1-2-4-9-16/h5-7,10,16H,1-4,8-9,11H2. The summed E-state index contributed by atoms with van der Waals surface area (Å²) in [5, 5.41) is 0. The molecule has 0 saturated carbocycles. The van der Waals surface area contributed by atoms with E-state index in [1.54, 1.807) is 0 Å². The fourth-order valence-electron chi connectivity index (χ4n) is 1.49. The van der Waals surface area contributed by atoms with Crippen LogP contribution >= 0.6 is 28.6 Å². The number of halogens is 1. The van der Waals surface area contributed by atoms with E-state index in [-0.39, 0.29) is 0 Å². The Balaban J connectivity index is 2.03. The van der Waals surface area contributed by atoms with Crippen molar-refractivity contribution in [1.82, 2.24) is 0 Å². The van der Waals surface area contributed by atoms with Crippen LogP contribution in [0.2, 0.25) is 0 Å². The van der Waals surface area contributed by atoms with Gasteiger partial charge in [-0.25, -0.2) is 0 Å². The highest BCUT2D eigenvalue weighted by molar-refractivity contribution is 9.10. The van der Waals surface area contributed by atoms with Gasteiger partial charge in [0.1, 0.15) is 0 Å². The minimum Gasteiger partial charge on any atom is -0.377 e. The second-order valence-corrected chi connectivity index (χ2v) is 5.18. The smallest absolute Gasteiger partial charge is 0.0717 e. The summed E-state index contributed by atoms with van der Waals surface area (Å²) in [6.45, 7) is 1.57. The van der Waals surface area contributed by atoms with E-state index >= 15 is 0 Å². The molecular weight excluding hydrogens is 284 g/mol. The van der Waals surface area contributed by atoms with Gasteiger partial charge in [0.15, 0.2) is 0 Å². The van der Waals surface area contributed by atoms with E-state index in [9.17, 15) is 0 Å². The second-order valence-electron chi connectivity index (χ2n) is 3.82. The van der Waals surface area contributed by atoms with Crippen molar-refractivity contribution in [3.05, 3.63) is 34.3 Å². The Bertz CT molecular complexity index is 291. The van der Waals surface area contributed by atoms with Gasteiger partial charge in [-0.05, 0) is 36.3 Å². The summed E-state index contributed by atoms with van der Waals surface area (Å²) in [6.07, 6.45) is 4.89. The van der Waals surface area contributed by atoms with Crippen LogP contribution in [0.4, 0.5) is 0 Å². The van der Waals surface area contributed by atoms with Crippen LogP contribution in [0.25, 0.3) is 0 Å². The molecule has 0 saturated heterocycles. The summed E-state index contributed by atoms with van der Waals surface area (Å²) in [5.41, 5.74) is 1.23. The predicted octanol–water partition coefficient (Wildman–Crippen LogP) is 4.46. The molecule has 3 heteroatoms. The molecule has 1 nitrogen and oxygen atoms in total. The molecule has 0 aliphatic heterocycles. The van der Waals surface area contributed by atoms with Gasteiger partial charge < -0.3 is 4.74 Å². The van der Waals surface area contributed by atoms with Crippen molar-refractivity contribution >= 4 is 28.6 Å². The Hall–Kier alpha value is 0.01000. The van der Waals surface area contributed by atoms with Gasteiger partial charge in [-0.3, -0.25) is 0 Å². The van der Waals surface area contributed by atoms with E-state index in [4.69, 9.17) is 4.74 Å². The van der Waals surface area contributed by atoms with E-state index in [2.05, 4.69) is 40.7 Å². The van der Waals surface area contributed by atoms with Crippen molar-refractivity contribution < 1.29 is 4.74 Å². The zero-order valence-electron chi connectivity index (χ0n) is 9.49. The topological polar surface area (TPSA) is 9.23 Å². The molecule has 90 valence electrons. The van der Waals surface area contributed by atoms with Crippen LogP contribution in [-0.2, 0) is 11.3 Å². The normalized spacial score (nSPS) is 10.6. The Morgan fingerprint density at radius 3 is 2.69 bits per heavy atom. The zero-order valence-corrected chi connectivity index (χ0v) is 12.0. The van der Waals surface area contributed by atoms with Crippen molar-refractivity contribution in [3.63, 3.8) is 0 Å². The van der Waals surface area contributed by atoms with Crippen LogP contribution in [0, 0.1) is 0 Å². The molecule has 0 spiro atoms. The maximum atomic E-state index is 5.61. The van der Waals surface area contributed by atoms with Gasteiger partial charge in [0.2, 0.25) is 0 Å². The Morgan fingerprint density at radius 2 is 1.94 bits per heavy atom. The molecule has 0 unspecified atom stereocenters. The van der Waals surface area contributed by atoms with Crippen LogP contribution in [-0.4, -0.2) is 12.4 Å². The molecule has 0 aromatic heterocycles. The Labute approximate surface area is 112 Å². The van der Waals surface area contributed by atoms with Gasteiger partial charge in [0, 0.05) is 11.1 Å². The van der Waals surface area contributed by atoms with E-state index in [1.165, 1.54) is 24.8 Å². The molecule has 1 aromatic carbocycles. The van der Waals surface area contributed by atoms with Gasteiger partial charge in [-0.15, -0.1) is 0 Å². The lowest BCUT2D eigenvalue weighted by molar-refractivity contribution is 0.117. The van der Waals surface area contributed by atoms with E-state index < -0.39 is 0 Å². The molecule has 1 rings (SSSR count). The number of rotatable bonds is 8. The summed E-state index contributed by atoms with van der Waals surface area (Å²) in [5.74, 6) is 0.999. The Morgan fingerprint density at radius 1 is 1.12 bits per heavy atom. The summed E-state index contributed by atoms with van der Waals surface area (Å²) in [6, 6.07) is 8.25.